The van der Waals surface area contributed by atoms with Gasteiger partial charge in [-0.05, 0) is 49.2 Å². The smallest absolute Gasteiger partial charge is 0.411 e. The average molecular weight is 536 g/mol. The number of pyridine rings is 1. The number of benzene rings is 2. The van der Waals surface area contributed by atoms with E-state index >= 15 is 0 Å². The Labute approximate surface area is 221 Å². The van der Waals surface area contributed by atoms with Crippen LogP contribution in [0.2, 0.25) is 10.2 Å². The first-order chi connectivity index (χ1) is 17.6. The van der Waals surface area contributed by atoms with Crippen molar-refractivity contribution in [2.24, 2.45) is 0 Å². The zero-order chi connectivity index (χ0) is 26.5. The van der Waals surface area contributed by atoms with Crippen molar-refractivity contribution in [1.82, 2.24) is 9.97 Å². The highest BCUT2D eigenvalue weighted by molar-refractivity contribution is 6.32. The molecule has 0 saturated heterocycles. The Hall–Kier alpha value is -4.10. The van der Waals surface area contributed by atoms with Gasteiger partial charge in [0.05, 0.1) is 17.3 Å². The van der Waals surface area contributed by atoms with Gasteiger partial charge in [0, 0.05) is 40.0 Å². The highest BCUT2D eigenvalue weighted by Crippen LogP contribution is 2.42. The second-order valence-corrected chi connectivity index (χ2v) is 9.52. The van der Waals surface area contributed by atoms with Crippen molar-refractivity contribution in [3.05, 3.63) is 92.8 Å². The van der Waals surface area contributed by atoms with Crippen LogP contribution in [0.15, 0.2) is 54.7 Å². The summed E-state index contributed by atoms with van der Waals surface area (Å²) in [5.74, 6) is 0.121. The Kier molecular flexibility index (Phi) is 6.04. The molecule has 0 bridgehead atoms. The van der Waals surface area contributed by atoms with Gasteiger partial charge < -0.3 is 20.4 Å². The summed E-state index contributed by atoms with van der Waals surface area (Å²) in [5.41, 5.74) is 1.98. The number of carbonyl (C=O) groups is 1. The van der Waals surface area contributed by atoms with Gasteiger partial charge >= 0.3 is 6.09 Å². The summed E-state index contributed by atoms with van der Waals surface area (Å²) in [5, 5.41) is 44.0. The monoisotopic (exact) mass is 535 g/mol. The molecule has 2 aromatic heterocycles. The number of nitriles is 1. The normalized spacial score (nSPS) is 16.3. The van der Waals surface area contributed by atoms with Gasteiger partial charge in [0.2, 0.25) is 11.3 Å². The van der Waals surface area contributed by atoms with Crippen LogP contribution in [0.4, 0.5) is 10.5 Å². The van der Waals surface area contributed by atoms with Crippen LogP contribution >= 0.6 is 23.2 Å². The van der Waals surface area contributed by atoms with Crippen molar-refractivity contribution in [2.45, 2.75) is 18.4 Å². The summed E-state index contributed by atoms with van der Waals surface area (Å²) in [6, 6.07) is 15.3. The summed E-state index contributed by atoms with van der Waals surface area (Å²) in [4.78, 5) is 19.6. The minimum Gasteiger partial charge on any atom is -0.618 e. The number of aromatic amines is 1. The summed E-state index contributed by atoms with van der Waals surface area (Å²) < 4.78 is 0.604. The molecule has 2 heterocycles. The molecule has 4 aromatic rings. The fourth-order valence-electron chi connectivity index (χ4n) is 4.63. The lowest BCUT2D eigenvalue weighted by molar-refractivity contribution is -0.620. The maximum Gasteiger partial charge on any atom is 0.411 e. The molecule has 0 spiro atoms. The molecule has 1 aliphatic carbocycles. The van der Waals surface area contributed by atoms with Crippen LogP contribution in [0.1, 0.15) is 29.1 Å². The lowest BCUT2D eigenvalue weighted by Crippen LogP contribution is -2.42. The van der Waals surface area contributed by atoms with Crippen LogP contribution in [-0.2, 0) is 12.0 Å². The lowest BCUT2D eigenvalue weighted by atomic mass is 9.97. The number of nitrogens with one attached hydrogen (secondary N) is 1. The number of halogens is 2. The predicted octanol–water partition coefficient (Wildman–Crippen LogP) is 4.85. The highest BCUT2D eigenvalue weighted by Gasteiger charge is 2.48. The molecule has 11 heteroatoms. The molecule has 186 valence electrons. The molecule has 2 aromatic carbocycles. The fourth-order valence-corrected chi connectivity index (χ4v) is 5.04. The maximum absolute atomic E-state index is 13.2. The highest BCUT2D eigenvalue weighted by atomic mass is 35.5. The van der Waals surface area contributed by atoms with E-state index in [9.17, 15) is 20.4 Å². The van der Waals surface area contributed by atoms with Crippen LogP contribution in [0.5, 0.6) is 0 Å². The van der Waals surface area contributed by atoms with Crippen molar-refractivity contribution < 1.29 is 19.7 Å². The number of rotatable bonds is 4. The number of hydrogen-bond donors (Lipinski definition) is 3. The Balaban J connectivity index is 1.53. The summed E-state index contributed by atoms with van der Waals surface area (Å²) in [6.45, 7) is 0. The molecule has 0 unspecified atom stereocenters. The van der Waals surface area contributed by atoms with E-state index in [1.807, 2.05) is 0 Å². The fraction of sp³-hybridized carbons (Fsp3) is 0.154. The molecule has 1 aliphatic rings. The van der Waals surface area contributed by atoms with Crippen molar-refractivity contribution in [3.8, 4) is 28.5 Å². The molecular formula is C26H19Cl2N5O4. The second-order valence-electron chi connectivity index (χ2n) is 8.73. The van der Waals surface area contributed by atoms with Crippen molar-refractivity contribution in [3.63, 3.8) is 0 Å². The number of hydrogen-bond acceptors (Lipinski definition) is 5. The van der Waals surface area contributed by atoms with E-state index < -0.39 is 11.7 Å². The standard InChI is InChI=1S/C26H19Cl2N5O4/c1-32(25(34)35)19-6-3-14(4-7-19)21-23(28)31-24(30-21)26(36)9-8-15-10-17(13-33(37)22(15)26)20-11-18(27)5-2-16(20)12-29/h2-7,10-11,13,36H,8-9H2,1H3,(H,30,31)(H,34,35)/t26-/m0/s1. The Bertz CT molecular complexity index is 1600. The minimum atomic E-state index is -1.71. The maximum atomic E-state index is 13.2. The van der Waals surface area contributed by atoms with Gasteiger partial charge in [0.25, 0.3) is 0 Å². The number of H-pyrrole nitrogens is 1. The van der Waals surface area contributed by atoms with Crippen molar-refractivity contribution >= 4 is 35.0 Å². The third kappa shape index (κ3) is 4.15. The number of aromatic nitrogens is 3. The largest absolute Gasteiger partial charge is 0.618 e. The second kappa shape index (κ2) is 9.09. The van der Waals surface area contributed by atoms with E-state index in [1.165, 1.54) is 13.2 Å². The molecule has 3 N–H and O–H groups in total. The molecule has 0 aliphatic heterocycles. The van der Waals surface area contributed by atoms with Crippen molar-refractivity contribution in [2.75, 3.05) is 11.9 Å². The third-order valence-electron chi connectivity index (χ3n) is 6.55. The van der Waals surface area contributed by atoms with E-state index in [-0.39, 0.29) is 23.1 Å². The molecule has 0 radical (unpaired) electrons. The number of aliphatic hydroxyl groups is 1. The summed E-state index contributed by atoms with van der Waals surface area (Å²) >= 11 is 12.5. The first kappa shape index (κ1) is 24.6. The van der Waals surface area contributed by atoms with E-state index in [2.05, 4.69) is 16.0 Å². The molecule has 0 fully saturated rings. The van der Waals surface area contributed by atoms with Crippen LogP contribution in [0.3, 0.4) is 0 Å². The number of carboxylic acid groups (broad SMARTS) is 1. The van der Waals surface area contributed by atoms with Crippen LogP contribution < -0.4 is 9.63 Å². The van der Waals surface area contributed by atoms with Crippen LogP contribution in [0.25, 0.3) is 22.4 Å². The molecule has 5 rings (SSSR count). The lowest BCUT2D eigenvalue weighted by Gasteiger charge is -2.20. The Morgan fingerprint density at radius 3 is 2.62 bits per heavy atom. The minimum absolute atomic E-state index is 0.0999. The average Bonchev–Trinajstić information content (AvgIpc) is 3.45. The summed E-state index contributed by atoms with van der Waals surface area (Å²) in [6.07, 6.45) is 0.810. The Morgan fingerprint density at radius 2 is 1.95 bits per heavy atom. The predicted molar refractivity (Wildman–Crippen MR) is 137 cm³/mol. The first-order valence-corrected chi connectivity index (χ1v) is 11.9. The zero-order valence-corrected chi connectivity index (χ0v) is 20.9. The molecule has 1 amide bonds. The van der Waals surface area contributed by atoms with Gasteiger partial charge in [0.15, 0.2) is 17.2 Å². The van der Waals surface area contributed by atoms with E-state index in [0.29, 0.717) is 55.4 Å². The van der Waals surface area contributed by atoms with Crippen molar-refractivity contribution in [1.29, 1.82) is 5.26 Å². The quantitative estimate of drug-likeness (QED) is 0.252. The molecule has 37 heavy (non-hydrogen) atoms. The molecule has 1 atom stereocenters. The van der Waals surface area contributed by atoms with Gasteiger partial charge in [-0.1, -0.05) is 35.3 Å². The third-order valence-corrected chi connectivity index (χ3v) is 7.06. The zero-order valence-electron chi connectivity index (χ0n) is 19.4. The van der Waals surface area contributed by atoms with Gasteiger partial charge in [-0.15, -0.1) is 0 Å². The van der Waals surface area contributed by atoms with Gasteiger partial charge in [-0.3, -0.25) is 4.90 Å². The first-order valence-electron chi connectivity index (χ1n) is 11.1. The molecular weight excluding hydrogens is 517 g/mol. The van der Waals surface area contributed by atoms with Gasteiger partial charge in [0.1, 0.15) is 0 Å². The number of anilines is 1. The number of aryl methyl sites for hydroxylation is 1. The number of amides is 1. The number of nitrogens with zero attached hydrogens (tertiary/aromatic N) is 4. The molecule has 0 saturated carbocycles. The van der Waals surface area contributed by atoms with Gasteiger partial charge in [-0.2, -0.15) is 9.99 Å². The number of imidazole rings is 1. The van der Waals surface area contributed by atoms with Crippen LogP contribution in [-0.4, -0.2) is 33.3 Å². The Morgan fingerprint density at radius 1 is 1.22 bits per heavy atom. The number of fused-ring (bicyclic) bond motifs is 1. The van der Waals surface area contributed by atoms with E-state index in [1.54, 1.807) is 48.5 Å². The molecule has 9 nitrogen and oxygen atoms in total. The van der Waals surface area contributed by atoms with E-state index in [0.717, 1.165) is 4.90 Å². The SMILES string of the molecule is CN(C(=O)O)c1ccc(-c2[nH]c([C@]3(O)CCc4cc(-c5cc(Cl)ccc5C#N)c[n+]([O-])c43)nc2Cl)cc1. The van der Waals surface area contributed by atoms with Gasteiger partial charge in [-0.25, -0.2) is 9.78 Å². The van der Waals surface area contributed by atoms with Crippen LogP contribution in [0, 0.1) is 16.5 Å². The van der Waals surface area contributed by atoms with E-state index in [4.69, 9.17) is 28.3 Å². The summed E-state index contributed by atoms with van der Waals surface area (Å²) in [7, 11) is 1.43. The topological polar surface area (TPSA) is 140 Å².